The number of ether oxygens (including phenoxy) is 2. The first-order valence-electron chi connectivity index (χ1n) is 11.7. The van der Waals surface area contributed by atoms with Gasteiger partial charge < -0.3 is 14.8 Å². The number of carbonyl (C=O) groups excluding carboxylic acids is 4. The van der Waals surface area contributed by atoms with Crippen molar-refractivity contribution < 1.29 is 28.7 Å². The summed E-state index contributed by atoms with van der Waals surface area (Å²) in [4.78, 5) is 51.3. The fraction of sp³-hybridized carbons (Fsp3) is 0.143. The number of urea groups is 1. The smallest absolute Gasteiger partial charge is 0.335 e. The topological polar surface area (TPSA) is 114 Å². The highest BCUT2D eigenvalue weighted by Gasteiger charge is 2.37. The van der Waals surface area contributed by atoms with Gasteiger partial charge in [0, 0.05) is 10.7 Å². The first-order valence-corrected chi connectivity index (χ1v) is 12.1. The van der Waals surface area contributed by atoms with E-state index in [-0.39, 0.29) is 23.8 Å². The molecule has 2 N–H and O–H groups in total. The largest absolute Gasteiger partial charge is 0.490 e. The maximum atomic E-state index is 13.2. The number of nitrogens with one attached hydrogen (secondary N) is 2. The molecule has 194 valence electrons. The van der Waals surface area contributed by atoms with Gasteiger partial charge in [-0.3, -0.25) is 19.7 Å². The highest BCUT2D eigenvalue weighted by Crippen LogP contribution is 2.31. The normalized spacial score (nSPS) is 14.3. The molecule has 1 aliphatic rings. The van der Waals surface area contributed by atoms with E-state index < -0.39 is 17.8 Å². The van der Waals surface area contributed by atoms with Gasteiger partial charge >= 0.3 is 6.03 Å². The van der Waals surface area contributed by atoms with Crippen LogP contribution in [0.3, 0.4) is 0 Å². The van der Waals surface area contributed by atoms with Gasteiger partial charge in [0.15, 0.2) is 18.1 Å². The second-order valence-electron chi connectivity index (χ2n) is 8.23. The van der Waals surface area contributed by atoms with Crippen LogP contribution in [-0.2, 0) is 14.4 Å². The van der Waals surface area contributed by atoms with E-state index in [0.29, 0.717) is 34.4 Å². The van der Waals surface area contributed by atoms with E-state index in [2.05, 4.69) is 10.6 Å². The average molecular weight is 534 g/mol. The lowest BCUT2D eigenvalue weighted by molar-refractivity contribution is -0.122. The van der Waals surface area contributed by atoms with E-state index in [4.69, 9.17) is 21.1 Å². The van der Waals surface area contributed by atoms with E-state index in [1.807, 2.05) is 6.07 Å². The van der Waals surface area contributed by atoms with Crippen LogP contribution in [0.15, 0.2) is 72.3 Å². The van der Waals surface area contributed by atoms with Gasteiger partial charge in [-0.15, -0.1) is 0 Å². The van der Waals surface area contributed by atoms with E-state index >= 15 is 0 Å². The second kappa shape index (κ2) is 11.6. The molecule has 1 saturated heterocycles. The monoisotopic (exact) mass is 533 g/mol. The van der Waals surface area contributed by atoms with E-state index in [9.17, 15) is 19.2 Å². The third-order valence-corrected chi connectivity index (χ3v) is 5.92. The predicted octanol–water partition coefficient (Wildman–Crippen LogP) is 4.73. The van der Waals surface area contributed by atoms with Crippen molar-refractivity contribution in [3.05, 3.63) is 88.5 Å². The number of carbonyl (C=O) groups is 4. The molecule has 0 aromatic heterocycles. The van der Waals surface area contributed by atoms with Gasteiger partial charge in [0.25, 0.3) is 17.7 Å². The summed E-state index contributed by atoms with van der Waals surface area (Å²) in [6, 6.07) is 17.6. The summed E-state index contributed by atoms with van der Waals surface area (Å²) in [7, 11) is 0. The Kier molecular flexibility index (Phi) is 8.08. The molecular formula is C28H24ClN3O6. The molecule has 0 unspecified atom stereocenters. The number of rotatable bonds is 8. The van der Waals surface area contributed by atoms with Crippen LogP contribution < -0.4 is 25.0 Å². The van der Waals surface area contributed by atoms with Gasteiger partial charge in [-0.2, -0.15) is 0 Å². The number of anilines is 2. The summed E-state index contributed by atoms with van der Waals surface area (Å²) in [6.45, 7) is 3.62. The fourth-order valence-corrected chi connectivity index (χ4v) is 3.82. The summed E-state index contributed by atoms with van der Waals surface area (Å²) in [5, 5.41) is 5.29. The zero-order valence-corrected chi connectivity index (χ0v) is 21.4. The highest BCUT2D eigenvalue weighted by atomic mass is 35.5. The number of para-hydroxylation sites is 1. The number of hydrogen-bond acceptors (Lipinski definition) is 6. The first kappa shape index (κ1) is 26.4. The summed E-state index contributed by atoms with van der Waals surface area (Å²) < 4.78 is 11.3. The molecule has 0 aliphatic carbocycles. The molecular weight excluding hydrogens is 510 g/mol. The minimum absolute atomic E-state index is 0.231. The number of aryl methyl sites for hydroxylation is 1. The van der Waals surface area contributed by atoms with Gasteiger partial charge in [-0.25, -0.2) is 9.69 Å². The van der Waals surface area contributed by atoms with Crippen molar-refractivity contribution in [1.29, 1.82) is 0 Å². The lowest BCUT2D eigenvalue weighted by Gasteiger charge is -2.26. The number of barbiturate groups is 1. The number of hydrogen-bond donors (Lipinski definition) is 2. The van der Waals surface area contributed by atoms with Crippen molar-refractivity contribution >= 4 is 52.8 Å². The molecule has 0 saturated carbocycles. The number of nitrogens with zero attached hydrogens (tertiary/aromatic N) is 1. The fourth-order valence-electron chi connectivity index (χ4n) is 3.64. The molecule has 0 atom stereocenters. The molecule has 10 heteroatoms. The molecule has 3 aromatic rings. The Hall–Kier alpha value is -4.63. The SMILES string of the molecule is CCOc1cc(/C=C2\C(=O)NC(=O)N(c3ccc(C)c(Cl)c3)C2=O)ccc1OCC(=O)Nc1ccccc1. The zero-order valence-electron chi connectivity index (χ0n) is 20.6. The van der Waals surface area contributed by atoms with Crippen molar-refractivity contribution in [2.45, 2.75) is 13.8 Å². The maximum absolute atomic E-state index is 13.2. The molecule has 5 amide bonds. The standard InChI is InChI=1S/C28H24ClN3O6/c1-3-37-24-14-18(10-12-23(24)38-16-25(33)30-19-7-5-4-6-8-19)13-21-26(34)31-28(36)32(27(21)35)20-11-9-17(2)22(29)15-20/h4-15H,3,16H2,1-2H3,(H,30,33)(H,31,34,36)/b21-13+. The van der Waals surface area contributed by atoms with Crippen molar-refractivity contribution in [3.63, 3.8) is 0 Å². The summed E-state index contributed by atoms with van der Waals surface area (Å²) >= 11 is 6.17. The van der Waals surface area contributed by atoms with Gasteiger partial charge in [0.05, 0.1) is 12.3 Å². The number of amides is 5. The van der Waals surface area contributed by atoms with Crippen LogP contribution in [0.2, 0.25) is 5.02 Å². The molecule has 4 rings (SSSR count). The minimum atomic E-state index is -0.871. The Labute approximate surface area is 224 Å². The quantitative estimate of drug-likeness (QED) is 0.319. The van der Waals surface area contributed by atoms with Crippen LogP contribution in [0, 0.1) is 6.92 Å². The Balaban J connectivity index is 1.55. The molecule has 1 heterocycles. The first-order chi connectivity index (χ1) is 18.3. The summed E-state index contributed by atoms with van der Waals surface area (Å²) in [6.07, 6.45) is 1.35. The molecule has 38 heavy (non-hydrogen) atoms. The van der Waals surface area contributed by atoms with Crippen LogP contribution in [0.1, 0.15) is 18.1 Å². The predicted molar refractivity (Wildman–Crippen MR) is 143 cm³/mol. The van der Waals surface area contributed by atoms with Gasteiger partial charge in [-0.05, 0) is 67.4 Å². The molecule has 3 aromatic carbocycles. The van der Waals surface area contributed by atoms with E-state index in [0.717, 1.165) is 10.5 Å². The highest BCUT2D eigenvalue weighted by molar-refractivity contribution is 6.39. The van der Waals surface area contributed by atoms with Crippen molar-refractivity contribution in [3.8, 4) is 11.5 Å². The Morgan fingerprint density at radius 3 is 2.47 bits per heavy atom. The lowest BCUT2D eigenvalue weighted by atomic mass is 10.1. The number of halogens is 1. The minimum Gasteiger partial charge on any atom is -0.490 e. The van der Waals surface area contributed by atoms with Gasteiger partial charge in [0.2, 0.25) is 0 Å². The third-order valence-electron chi connectivity index (χ3n) is 5.51. The zero-order chi connectivity index (χ0) is 27.2. The second-order valence-corrected chi connectivity index (χ2v) is 8.64. The van der Waals surface area contributed by atoms with Gasteiger partial charge in [-0.1, -0.05) is 41.9 Å². The van der Waals surface area contributed by atoms with Crippen molar-refractivity contribution in [2.24, 2.45) is 0 Å². The van der Waals surface area contributed by atoms with Crippen LogP contribution in [-0.4, -0.2) is 37.0 Å². The third kappa shape index (κ3) is 6.01. The van der Waals surface area contributed by atoms with Crippen LogP contribution in [0.5, 0.6) is 11.5 Å². The molecule has 0 bridgehead atoms. The molecule has 1 fully saturated rings. The van der Waals surface area contributed by atoms with Crippen molar-refractivity contribution in [2.75, 3.05) is 23.4 Å². The van der Waals surface area contributed by atoms with Crippen LogP contribution >= 0.6 is 11.6 Å². The Bertz CT molecular complexity index is 1440. The van der Waals surface area contributed by atoms with Crippen molar-refractivity contribution in [1.82, 2.24) is 5.32 Å². The maximum Gasteiger partial charge on any atom is 0.335 e. The average Bonchev–Trinajstić information content (AvgIpc) is 2.89. The molecule has 1 aliphatic heterocycles. The summed E-state index contributed by atoms with van der Waals surface area (Å²) in [5.74, 6) is -1.35. The number of imide groups is 2. The molecule has 0 spiro atoms. The molecule has 9 nitrogen and oxygen atoms in total. The summed E-state index contributed by atoms with van der Waals surface area (Å²) in [5.41, 5.74) is 1.84. The lowest BCUT2D eigenvalue weighted by Crippen LogP contribution is -2.54. The van der Waals surface area contributed by atoms with Crippen LogP contribution in [0.4, 0.5) is 16.2 Å². The van der Waals surface area contributed by atoms with Crippen LogP contribution in [0.25, 0.3) is 6.08 Å². The van der Waals surface area contributed by atoms with E-state index in [1.165, 1.54) is 12.1 Å². The Morgan fingerprint density at radius 2 is 1.76 bits per heavy atom. The van der Waals surface area contributed by atoms with E-state index in [1.54, 1.807) is 68.4 Å². The number of benzene rings is 3. The Morgan fingerprint density at radius 1 is 1.00 bits per heavy atom. The van der Waals surface area contributed by atoms with Gasteiger partial charge in [0.1, 0.15) is 5.57 Å². The molecule has 0 radical (unpaired) electrons.